The molecule has 0 aliphatic heterocycles. The van der Waals surface area contributed by atoms with Crippen molar-refractivity contribution in [1.29, 1.82) is 5.41 Å². The van der Waals surface area contributed by atoms with Gasteiger partial charge in [0.05, 0.1) is 22.8 Å². The predicted octanol–water partition coefficient (Wildman–Crippen LogP) is 3.14. The van der Waals surface area contributed by atoms with Gasteiger partial charge in [-0.25, -0.2) is 9.97 Å². The van der Waals surface area contributed by atoms with Gasteiger partial charge < -0.3 is 22.2 Å². The Hall–Kier alpha value is -2.93. The molecule has 0 aliphatic carbocycles. The van der Waals surface area contributed by atoms with Gasteiger partial charge in [-0.3, -0.25) is 0 Å². The van der Waals surface area contributed by atoms with Crippen LogP contribution >= 0.6 is 11.3 Å². The minimum Gasteiger partial charge on any atom is -0.398 e. The summed E-state index contributed by atoms with van der Waals surface area (Å²) in [6, 6.07) is 7.56. The van der Waals surface area contributed by atoms with Crippen LogP contribution in [0.15, 0.2) is 35.7 Å². The van der Waals surface area contributed by atoms with Crippen molar-refractivity contribution in [3.63, 3.8) is 0 Å². The number of hydrogen-bond donors (Lipinski definition) is 4. The molecule has 24 heavy (non-hydrogen) atoms. The molecule has 2 aromatic heterocycles. The number of hydrogen-bond acceptors (Lipinski definition) is 7. The number of aromatic nitrogens is 2. The molecule has 0 saturated heterocycles. The standard InChI is InChI=1S/C17H18N6S/c1-10-22-12(9-24-10)8-21-15-7-17(20)23-16-6-11(2-3-13(15)16)14(19)4-5-18/h2-7,9,18H,8,19H2,1H3,(H3,20,21,23)/b14-4-,18-5?. The number of nitrogens with two attached hydrogens (primary N) is 2. The van der Waals surface area contributed by atoms with Crippen LogP contribution in [0.2, 0.25) is 0 Å². The number of aryl methyl sites for hydroxylation is 1. The third-order valence-corrected chi connectivity index (χ3v) is 4.37. The van der Waals surface area contributed by atoms with Gasteiger partial charge in [0, 0.05) is 34.4 Å². The van der Waals surface area contributed by atoms with Gasteiger partial charge in [-0.1, -0.05) is 12.1 Å². The lowest BCUT2D eigenvalue weighted by atomic mass is 10.1. The van der Waals surface area contributed by atoms with Crippen LogP contribution in [-0.2, 0) is 6.54 Å². The molecule has 0 aliphatic rings. The van der Waals surface area contributed by atoms with Crippen molar-refractivity contribution in [2.24, 2.45) is 5.73 Å². The number of nitrogen functional groups attached to an aromatic ring is 1. The lowest BCUT2D eigenvalue weighted by molar-refractivity contribution is 1.06. The van der Waals surface area contributed by atoms with E-state index in [0.29, 0.717) is 18.1 Å². The zero-order valence-electron chi connectivity index (χ0n) is 13.2. The summed E-state index contributed by atoms with van der Waals surface area (Å²) in [6.07, 6.45) is 2.70. The first-order valence-electron chi connectivity index (χ1n) is 7.38. The molecule has 6 nitrogen and oxygen atoms in total. The molecule has 6 N–H and O–H groups in total. The molecule has 0 spiro atoms. The number of rotatable bonds is 5. The summed E-state index contributed by atoms with van der Waals surface area (Å²) in [6.45, 7) is 2.61. The van der Waals surface area contributed by atoms with Crippen LogP contribution in [0.5, 0.6) is 0 Å². The largest absolute Gasteiger partial charge is 0.398 e. The first kappa shape index (κ1) is 15.9. The minimum absolute atomic E-state index is 0.436. The zero-order chi connectivity index (χ0) is 17.1. The second-order valence-electron chi connectivity index (χ2n) is 5.33. The van der Waals surface area contributed by atoms with Crippen LogP contribution in [-0.4, -0.2) is 16.2 Å². The number of nitrogens with one attached hydrogen (secondary N) is 2. The van der Waals surface area contributed by atoms with Crippen molar-refractivity contribution in [3.05, 3.63) is 52.0 Å². The minimum atomic E-state index is 0.436. The van der Waals surface area contributed by atoms with Gasteiger partial charge >= 0.3 is 0 Å². The number of thiazole rings is 1. The molecule has 0 atom stereocenters. The average Bonchev–Trinajstić information content (AvgIpc) is 2.97. The number of nitrogens with zero attached hydrogens (tertiary/aromatic N) is 2. The van der Waals surface area contributed by atoms with Crippen LogP contribution in [0.1, 0.15) is 16.3 Å². The summed E-state index contributed by atoms with van der Waals surface area (Å²) in [5.41, 5.74) is 15.9. The zero-order valence-corrected chi connectivity index (χ0v) is 14.0. The van der Waals surface area contributed by atoms with E-state index in [2.05, 4.69) is 15.3 Å². The van der Waals surface area contributed by atoms with Crippen LogP contribution in [0.25, 0.3) is 16.6 Å². The van der Waals surface area contributed by atoms with E-state index in [4.69, 9.17) is 16.9 Å². The Morgan fingerprint density at radius 2 is 2.17 bits per heavy atom. The van der Waals surface area contributed by atoms with E-state index in [1.165, 1.54) is 6.08 Å². The van der Waals surface area contributed by atoms with Crippen LogP contribution in [0.4, 0.5) is 11.5 Å². The fourth-order valence-corrected chi connectivity index (χ4v) is 3.05. The van der Waals surface area contributed by atoms with E-state index in [-0.39, 0.29) is 0 Å². The van der Waals surface area contributed by atoms with E-state index in [1.54, 1.807) is 11.3 Å². The van der Waals surface area contributed by atoms with Gasteiger partial charge in [-0.05, 0) is 24.6 Å². The summed E-state index contributed by atoms with van der Waals surface area (Å²) >= 11 is 1.63. The van der Waals surface area contributed by atoms with Gasteiger partial charge in [0.1, 0.15) is 5.82 Å². The van der Waals surface area contributed by atoms with Gasteiger partial charge in [-0.2, -0.15) is 0 Å². The molecule has 0 saturated carbocycles. The molecular weight excluding hydrogens is 320 g/mol. The molecule has 3 rings (SSSR count). The second-order valence-corrected chi connectivity index (χ2v) is 6.39. The van der Waals surface area contributed by atoms with E-state index < -0.39 is 0 Å². The molecule has 0 amide bonds. The molecule has 3 aromatic rings. The lowest BCUT2D eigenvalue weighted by Crippen LogP contribution is -2.03. The molecular formula is C17H18N6S. The Morgan fingerprint density at radius 3 is 2.88 bits per heavy atom. The lowest BCUT2D eigenvalue weighted by Gasteiger charge is -2.11. The Morgan fingerprint density at radius 1 is 1.33 bits per heavy atom. The highest BCUT2D eigenvalue weighted by molar-refractivity contribution is 7.09. The van der Waals surface area contributed by atoms with Gasteiger partial charge in [0.2, 0.25) is 0 Å². The molecule has 0 bridgehead atoms. The second kappa shape index (κ2) is 6.67. The van der Waals surface area contributed by atoms with Crippen molar-refractivity contribution < 1.29 is 0 Å². The van der Waals surface area contributed by atoms with Gasteiger partial charge in [0.25, 0.3) is 0 Å². The molecule has 122 valence electrons. The highest BCUT2D eigenvalue weighted by atomic mass is 32.1. The summed E-state index contributed by atoms with van der Waals surface area (Å²) in [4.78, 5) is 8.83. The van der Waals surface area contributed by atoms with E-state index in [1.807, 2.05) is 36.6 Å². The van der Waals surface area contributed by atoms with Crippen LogP contribution in [0.3, 0.4) is 0 Å². The molecule has 0 fully saturated rings. The fraction of sp³-hybridized carbons (Fsp3) is 0.118. The van der Waals surface area contributed by atoms with Crippen molar-refractivity contribution in [2.45, 2.75) is 13.5 Å². The van der Waals surface area contributed by atoms with Crippen molar-refractivity contribution >= 4 is 45.7 Å². The fourth-order valence-electron chi connectivity index (χ4n) is 2.44. The summed E-state index contributed by atoms with van der Waals surface area (Å²) in [5.74, 6) is 0.436. The normalized spacial score (nSPS) is 11.6. The number of anilines is 2. The SMILES string of the molecule is Cc1nc(CNc2cc(N)nc3cc(/C(N)=C/C=N)ccc23)cs1. The van der Waals surface area contributed by atoms with Crippen LogP contribution in [0, 0.1) is 12.3 Å². The molecule has 1 aromatic carbocycles. The number of pyridine rings is 1. The molecule has 0 unspecified atom stereocenters. The Balaban J connectivity index is 1.95. The van der Waals surface area contributed by atoms with E-state index >= 15 is 0 Å². The maximum Gasteiger partial charge on any atom is 0.126 e. The quantitative estimate of drug-likeness (QED) is 0.534. The highest BCUT2D eigenvalue weighted by Crippen LogP contribution is 2.27. The van der Waals surface area contributed by atoms with Crippen molar-refractivity contribution in [2.75, 3.05) is 11.1 Å². The molecule has 0 radical (unpaired) electrons. The Kier molecular flexibility index (Phi) is 4.43. The third kappa shape index (κ3) is 3.36. The van der Waals surface area contributed by atoms with E-state index in [0.717, 1.165) is 39.1 Å². The Labute approximate surface area is 143 Å². The third-order valence-electron chi connectivity index (χ3n) is 3.55. The highest BCUT2D eigenvalue weighted by Gasteiger charge is 2.07. The number of fused-ring (bicyclic) bond motifs is 1. The maximum absolute atomic E-state index is 7.12. The Bertz CT molecular complexity index is 928. The number of benzene rings is 1. The predicted molar refractivity (Wildman–Crippen MR) is 101 cm³/mol. The van der Waals surface area contributed by atoms with E-state index in [9.17, 15) is 0 Å². The van der Waals surface area contributed by atoms with Gasteiger partial charge in [0.15, 0.2) is 0 Å². The smallest absolute Gasteiger partial charge is 0.126 e. The molecule has 7 heteroatoms. The van der Waals surface area contributed by atoms with Crippen LogP contribution < -0.4 is 16.8 Å². The summed E-state index contributed by atoms with van der Waals surface area (Å²) in [5, 5.41) is 14.5. The topological polar surface area (TPSA) is 114 Å². The monoisotopic (exact) mass is 338 g/mol. The first-order chi connectivity index (χ1) is 11.6. The number of allylic oxidation sites excluding steroid dienone is 1. The van der Waals surface area contributed by atoms with Crippen molar-refractivity contribution in [3.8, 4) is 0 Å². The average molecular weight is 338 g/mol. The molecule has 2 heterocycles. The maximum atomic E-state index is 7.12. The van der Waals surface area contributed by atoms with Crippen molar-refractivity contribution in [1.82, 2.24) is 9.97 Å². The first-order valence-corrected chi connectivity index (χ1v) is 8.26. The summed E-state index contributed by atoms with van der Waals surface area (Å²) in [7, 11) is 0. The summed E-state index contributed by atoms with van der Waals surface area (Å²) < 4.78 is 0. The van der Waals surface area contributed by atoms with Gasteiger partial charge in [-0.15, -0.1) is 11.3 Å².